The van der Waals surface area contributed by atoms with E-state index in [-0.39, 0.29) is 5.56 Å². The van der Waals surface area contributed by atoms with Crippen LogP contribution in [0.4, 0.5) is 0 Å². The highest BCUT2D eigenvalue weighted by atomic mass is 32.1. The van der Waals surface area contributed by atoms with Crippen LogP contribution in [0.1, 0.15) is 22.7 Å². The van der Waals surface area contributed by atoms with E-state index in [2.05, 4.69) is 10.1 Å². The van der Waals surface area contributed by atoms with Gasteiger partial charge in [0, 0.05) is 23.4 Å². The first kappa shape index (κ1) is 19.4. The number of nitriles is 2. The number of aromatic amines is 1. The lowest BCUT2D eigenvalue weighted by atomic mass is 9.82. The van der Waals surface area contributed by atoms with Crippen LogP contribution in [0, 0.1) is 35.5 Å². The molecule has 0 unspecified atom stereocenters. The third-order valence-electron chi connectivity index (χ3n) is 4.94. The summed E-state index contributed by atoms with van der Waals surface area (Å²) in [5.41, 5.74) is 2.49. The summed E-state index contributed by atoms with van der Waals surface area (Å²) < 4.78 is 1.39. The molecule has 2 aromatic heterocycles. The Hall–Kier alpha value is -3.94. The van der Waals surface area contributed by atoms with Gasteiger partial charge in [0.2, 0.25) is 5.13 Å². The van der Waals surface area contributed by atoms with Crippen molar-refractivity contribution in [3.05, 3.63) is 94.0 Å². The number of H-pyrrole nitrogens is 1. The fraction of sp³-hybridized carbons (Fsp3) is 0.130. The first-order valence-corrected chi connectivity index (χ1v) is 10.1. The van der Waals surface area contributed by atoms with E-state index in [1.807, 2.05) is 72.8 Å². The Balaban J connectivity index is 1.82. The summed E-state index contributed by atoms with van der Waals surface area (Å²) in [4.78, 5) is 18.7. The van der Waals surface area contributed by atoms with Crippen molar-refractivity contribution in [2.45, 2.75) is 12.8 Å². The van der Waals surface area contributed by atoms with E-state index in [1.165, 1.54) is 16.0 Å². The Morgan fingerprint density at radius 3 is 2.30 bits per heavy atom. The topological polar surface area (TPSA) is 98.3 Å². The molecule has 7 heteroatoms. The van der Waals surface area contributed by atoms with Gasteiger partial charge in [-0.25, -0.2) is 4.98 Å². The molecule has 0 saturated carbocycles. The van der Waals surface area contributed by atoms with Gasteiger partial charge in [-0.15, -0.1) is 0 Å². The molecule has 0 aliphatic carbocycles. The van der Waals surface area contributed by atoms with Gasteiger partial charge in [0.1, 0.15) is 5.92 Å². The first-order chi connectivity index (χ1) is 14.6. The minimum absolute atomic E-state index is 0.300. The lowest BCUT2D eigenvalue weighted by molar-refractivity contribution is 0.699. The Labute approximate surface area is 177 Å². The average molecular weight is 411 g/mol. The number of benzene rings is 2. The van der Waals surface area contributed by atoms with Crippen LogP contribution in [0.3, 0.4) is 0 Å². The summed E-state index contributed by atoms with van der Waals surface area (Å²) in [5, 5.41) is 22.7. The van der Waals surface area contributed by atoms with E-state index in [1.54, 1.807) is 13.1 Å². The van der Waals surface area contributed by atoms with Crippen molar-refractivity contribution in [3.8, 4) is 27.7 Å². The molecule has 0 bridgehead atoms. The molecular formula is C23H17N5OS. The third-order valence-corrected chi connectivity index (χ3v) is 5.97. The number of nitrogens with zero attached hydrogens (tertiary/aromatic N) is 4. The van der Waals surface area contributed by atoms with E-state index in [9.17, 15) is 15.3 Å². The predicted molar refractivity (Wildman–Crippen MR) is 115 cm³/mol. The van der Waals surface area contributed by atoms with E-state index in [0.29, 0.717) is 16.4 Å². The third kappa shape index (κ3) is 3.43. The van der Waals surface area contributed by atoms with Gasteiger partial charge in [-0.05, 0) is 18.1 Å². The number of hydrogen-bond donors (Lipinski definition) is 1. The predicted octanol–water partition coefficient (Wildman–Crippen LogP) is 4.39. The van der Waals surface area contributed by atoms with Crippen LogP contribution in [0.2, 0.25) is 0 Å². The number of aryl methyl sites for hydroxylation is 1. The van der Waals surface area contributed by atoms with Gasteiger partial charge < -0.3 is 0 Å². The molecule has 0 amide bonds. The van der Waals surface area contributed by atoms with Crippen LogP contribution in [0.25, 0.3) is 15.6 Å². The normalized spacial score (nSPS) is 11.7. The summed E-state index contributed by atoms with van der Waals surface area (Å²) in [5.74, 6) is -1.64. The molecule has 6 nitrogen and oxygen atoms in total. The monoisotopic (exact) mass is 411 g/mol. The number of thiazole rings is 1. The van der Waals surface area contributed by atoms with Crippen molar-refractivity contribution in [2.75, 3.05) is 0 Å². The van der Waals surface area contributed by atoms with Crippen LogP contribution >= 0.6 is 11.3 Å². The largest absolute Gasteiger partial charge is 0.293 e. The zero-order chi connectivity index (χ0) is 21.1. The van der Waals surface area contributed by atoms with Crippen molar-refractivity contribution in [2.24, 2.45) is 5.92 Å². The molecule has 146 valence electrons. The molecule has 0 radical (unpaired) electrons. The van der Waals surface area contributed by atoms with Crippen LogP contribution in [-0.2, 0) is 0 Å². The Bertz CT molecular complexity index is 1290. The standard InChI is InChI=1S/C23H17N5OS/c1-15-20(21(18(12-24)13-25)17-10-6-3-7-11-17)22(29)28(27-15)23-26-14-19(30-23)16-8-4-2-5-9-16/h2-11,14,18,21,27H,1H3/t21-/m0/s1. The highest BCUT2D eigenvalue weighted by molar-refractivity contribution is 7.17. The van der Waals surface area contributed by atoms with E-state index >= 15 is 0 Å². The smallest absolute Gasteiger partial charge is 0.277 e. The molecule has 2 heterocycles. The Morgan fingerprint density at radius 2 is 1.67 bits per heavy atom. The summed E-state index contributed by atoms with van der Waals surface area (Å²) in [6.07, 6.45) is 1.74. The van der Waals surface area contributed by atoms with Gasteiger partial charge >= 0.3 is 0 Å². The highest BCUT2D eigenvalue weighted by Gasteiger charge is 2.31. The maximum Gasteiger partial charge on any atom is 0.277 e. The Kier molecular flexibility index (Phi) is 5.30. The van der Waals surface area contributed by atoms with Crippen LogP contribution in [0.5, 0.6) is 0 Å². The number of hydrogen-bond acceptors (Lipinski definition) is 5. The van der Waals surface area contributed by atoms with E-state index in [0.717, 1.165) is 16.0 Å². The van der Waals surface area contributed by atoms with Gasteiger partial charge in [0.15, 0.2) is 0 Å². The molecule has 0 aliphatic heterocycles. The lowest BCUT2D eigenvalue weighted by Gasteiger charge is -2.16. The molecule has 0 fully saturated rings. The zero-order valence-electron chi connectivity index (χ0n) is 16.1. The van der Waals surface area contributed by atoms with Crippen molar-refractivity contribution in [3.63, 3.8) is 0 Å². The average Bonchev–Trinajstić information content (AvgIpc) is 3.38. The maximum absolute atomic E-state index is 13.4. The van der Waals surface area contributed by atoms with Gasteiger partial charge in [0.25, 0.3) is 5.56 Å². The summed E-state index contributed by atoms with van der Waals surface area (Å²) >= 11 is 1.39. The molecule has 0 aliphatic rings. The molecule has 0 saturated heterocycles. The van der Waals surface area contributed by atoms with Crippen molar-refractivity contribution in [1.82, 2.24) is 14.8 Å². The summed E-state index contributed by atoms with van der Waals surface area (Å²) in [7, 11) is 0. The van der Waals surface area contributed by atoms with Gasteiger partial charge in [-0.2, -0.15) is 15.2 Å². The van der Waals surface area contributed by atoms with Crippen LogP contribution in [0.15, 0.2) is 71.7 Å². The second-order valence-electron chi connectivity index (χ2n) is 6.79. The lowest BCUT2D eigenvalue weighted by Crippen LogP contribution is -2.23. The SMILES string of the molecule is Cc1[nH]n(-c2ncc(-c3ccccc3)s2)c(=O)c1[C@@H](c1ccccc1)C(C#N)C#N. The zero-order valence-corrected chi connectivity index (χ0v) is 16.9. The fourth-order valence-corrected chi connectivity index (χ4v) is 4.41. The molecule has 4 rings (SSSR count). The van der Waals surface area contributed by atoms with Gasteiger partial charge in [-0.1, -0.05) is 72.0 Å². The minimum Gasteiger partial charge on any atom is -0.293 e. The second kappa shape index (κ2) is 8.20. The second-order valence-corrected chi connectivity index (χ2v) is 7.80. The quantitative estimate of drug-likeness (QED) is 0.526. The van der Waals surface area contributed by atoms with E-state index in [4.69, 9.17) is 0 Å². The highest BCUT2D eigenvalue weighted by Crippen LogP contribution is 2.32. The molecule has 1 N–H and O–H groups in total. The number of rotatable bonds is 5. The molecule has 30 heavy (non-hydrogen) atoms. The van der Waals surface area contributed by atoms with Crippen molar-refractivity contribution >= 4 is 11.3 Å². The molecule has 1 atom stereocenters. The first-order valence-electron chi connectivity index (χ1n) is 9.31. The fourth-order valence-electron chi connectivity index (χ4n) is 3.53. The minimum atomic E-state index is -0.987. The molecular weight excluding hydrogens is 394 g/mol. The Morgan fingerprint density at radius 1 is 1.03 bits per heavy atom. The maximum atomic E-state index is 13.4. The molecule has 2 aromatic carbocycles. The van der Waals surface area contributed by atoms with Gasteiger partial charge in [0.05, 0.1) is 17.0 Å². The summed E-state index contributed by atoms with van der Waals surface area (Å²) in [6.45, 7) is 1.78. The van der Waals surface area contributed by atoms with Crippen molar-refractivity contribution in [1.29, 1.82) is 10.5 Å². The van der Waals surface area contributed by atoms with Crippen LogP contribution < -0.4 is 5.56 Å². The van der Waals surface area contributed by atoms with Crippen molar-refractivity contribution < 1.29 is 0 Å². The number of nitrogens with one attached hydrogen (secondary N) is 1. The number of aromatic nitrogens is 3. The summed E-state index contributed by atoms with van der Waals surface area (Å²) in [6, 6.07) is 23.1. The van der Waals surface area contributed by atoms with Crippen LogP contribution in [-0.4, -0.2) is 14.8 Å². The molecule has 0 spiro atoms. The van der Waals surface area contributed by atoms with E-state index < -0.39 is 11.8 Å². The molecule has 4 aromatic rings. The van der Waals surface area contributed by atoms with Gasteiger partial charge in [-0.3, -0.25) is 9.89 Å².